The van der Waals surface area contributed by atoms with E-state index >= 15 is 0 Å². The number of piperazine rings is 1. The number of carbonyl (C=O) groups is 2. The summed E-state index contributed by atoms with van der Waals surface area (Å²) in [5.41, 5.74) is 4.66. The molecule has 0 aromatic heterocycles. The number of ether oxygens (including phenoxy) is 1. The van der Waals surface area contributed by atoms with Gasteiger partial charge in [-0.15, -0.1) is 0 Å². The zero-order chi connectivity index (χ0) is 29.2. The Morgan fingerprint density at radius 2 is 1.54 bits per heavy atom. The van der Waals surface area contributed by atoms with Crippen molar-refractivity contribution in [2.24, 2.45) is 0 Å². The van der Waals surface area contributed by atoms with E-state index in [1.807, 2.05) is 56.3 Å². The molecule has 1 fully saturated rings. The van der Waals surface area contributed by atoms with Crippen LogP contribution in [-0.2, 0) is 0 Å². The number of carbonyl (C=O) groups excluding carboxylic acids is 2. The number of para-hydroxylation sites is 2. The monoisotopic (exact) mass is 556 g/mol. The lowest BCUT2D eigenvalue weighted by atomic mass is 10.1. The van der Waals surface area contributed by atoms with E-state index < -0.39 is 0 Å². The van der Waals surface area contributed by atoms with Gasteiger partial charge in [0.1, 0.15) is 5.75 Å². The standard InChI is InChI=1S/C34H44N4O3/c1-26-13-18-30(27(2)25-26)35-33(39)28-14-16-29(17-15-28)34(40)37(4)31-11-7-8-12-32(31)41-24-10-6-5-9-19-38-22-20-36(3)21-23-38/h7-8,11-18,25H,5-6,9-10,19-24H2,1-4H3,(H,35,39). The number of hydrogen-bond acceptors (Lipinski definition) is 5. The Kier molecular flexibility index (Phi) is 10.9. The summed E-state index contributed by atoms with van der Waals surface area (Å²) in [4.78, 5) is 32.6. The minimum Gasteiger partial charge on any atom is -0.491 e. The smallest absolute Gasteiger partial charge is 0.258 e. The topological polar surface area (TPSA) is 65.1 Å². The van der Waals surface area contributed by atoms with Gasteiger partial charge in [-0.25, -0.2) is 0 Å². The van der Waals surface area contributed by atoms with Crippen molar-refractivity contribution in [2.45, 2.75) is 39.5 Å². The molecule has 0 radical (unpaired) electrons. The lowest BCUT2D eigenvalue weighted by molar-refractivity contribution is 0.0988. The molecule has 3 aromatic carbocycles. The van der Waals surface area contributed by atoms with Gasteiger partial charge in [0.15, 0.2) is 0 Å². The lowest BCUT2D eigenvalue weighted by Gasteiger charge is -2.32. The van der Waals surface area contributed by atoms with E-state index in [4.69, 9.17) is 4.74 Å². The summed E-state index contributed by atoms with van der Waals surface area (Å²) in [5.74, 6) is 0.332. The van der Waals surface area contributed by atoms with E-state index in [9.17, 15) is 9.59 Å². The molecule has 4 rings (SSSR count). The quantitative estimate of drug-likeness (QED) is 0.277. The van der Waals surface area contributed by atoms with Crippen LogP contribution in [0.4, 0.5) is 11.4 Å². The van der Waals surface area contributed by atoms with Crippen LogP contribution in [0.15, 0.2) is 66.7 Å². The Labute approximate surface area is 245 Å². The van der Waals surface area contributed by atoms with E-state index in [0.29, 0.717) is 23.5 Å². The summed E-state index contributed by atoms with van der Waals surface area (Å²) >= 11 is 0. The molecule has 0 unspecified atom stereocenters. The fraction of sp³-hybridized carbons (Fsp3) is 0.412. The van der Waals surface area contributed by atoms with Crippen LogP contribution in [0.1, 0.15) is 57.5 Å². The molecule has 7 heteroatoms. The maximum absolute atomic E-state index is 13.3. The summed E-state index contributed by atoms with van der Waals surface area (Å²) in [6.45, 7) is 10.5. The van der Waals surface area contributed by atoms with Crippen molar-refractivity contribution in [3.8, 4) is 5.75 Å². The van der Waals surface area contributed by atoms with Crippen LogP contribution in [-0.4, -0.2) is 75.0 Å². The van der Waals surface area contributed by atoms with Crippen LogP contribution in [0.5, 0.6) is 5.75 Å². The lowest BCUT2D eigenvalue weighted by Crippen LogP contribution is -2.44. The molecule has 0 aliphatic carbocycles. The maximum Gasteiger partial charge on any atom is 0.258 e. The van der Waals surface area contributed by atoms with Gasteiger partial charge in [0.2, 0.25) is 0 Å². The van der Waals surface area contributed by atoms with Crippen molar-refractivity contribution < 1.29 is 14.3 Å². The predicted octanol–water partition coefficient (Wildman–Crippen LogP) is 6.02. The van der Waals surface area contributed by atoms with Crippen LogP contribution >= 0.6 is 0 Å². The Bertz CT molecular complexity index is 1300. The van der Waals surface area contributed by atoms with Gasteiger partial charge in [-0.2, -0.15) is 0 Å². The first-order valence-corrected chi connectivity index (χ1v) is 14.7. The van der Waals surface area contributed by atoms with Crippen molar-refractivity contribution >= 4 is 23.2 Å². The van der Waals surface area contributed by atoms with Crippen molar-refractivity contribution in [1.29, 1.82) is 0 Å². The first-order valence-electron chi connectivity index (χ1n) is 14.7. The average molecular weight is 557 g/mol. The third-order valence-electron chi connectivity index (χ3n) is 7.78. The third kappa shape index (κ3) is 8.65. The second-order valence-corrected chi connectivity index (χ2v) is 11.1. The molecule has 218 valence electrons. The summed E-state index contributed by atoms with van der Waals surface area (Å²) in [6.07, 6.45) is 4.55. The zero-order valence-corrected chi connectivity index (χ0v) is 25.0. The van der Waals surface area contributed by atoms with Gasteiger partial charge in [-0.05, 0) is 88.3 Å². The molecule has 0 saturated carbocycles. The Morgan fingerprint density at radius 1 is 0.854 bits per heavy atom. The van der Waals surface area contributed by atoms with Crippen molar-refractivity contribution in [3.63, 3.8) is 0 Å². The molecule has 0 spiro atoms. The van der Waals surface area contributed by atoms with Crippen LogP contribution in [0.2, 0.25) is 0 Å². The number of aryl methyl sites for hydroxylation is 2. The number of hydrogen-bond donors (Lipinski definition) is 1. The fourth-order valence-corrected chi connectivity index (χ4v) is 5.12. The summed E-state index contributed by atoms with van der Waals surface area (Å²) in [7, 11) is 3.94. The molecule has 3 aromatic rings. The third-order valence-corrected chi connectivity index (χ3v) is 7.78. The number of nitrogens with one attached hydrogen (secondary N) is 1. The van der Waals surface area contributed by atoms with Gasteiger partial charge >= 0.3 is 0 Å². The number of likely N-dealkylation sites (N-methyl/N-ethyl adjacent to an activating group) is 1. The molecule has 1 saturated heterocycles. The Morgan fingerprint density at radius 3 is 2.27 bits per heavy atom. The van der Waals surface area contributed by atoms with E-state index in [1.165, 1.54) is 45.6 Å². The predicted molar refractivity (Wildman–Crippen MR) is 167 cm³/mol. The second-order valence-electron chi connectivity index (χ2n) is 11.1. The highest BCUT2D eigenvalue weighted by atomic mass is 16.5. The van der Waals surface area contributed by atoms with E-state index in [0.717, 1.165) is 35.3 Å². The van der Waals surface area contributed by atoms with Crippen molar-refractivity contribution in [2.75, 3.05) is 63.6 Å². The molecule has 1 N–H and O–H groups in total. The number of anilines is 2. The summed E-state index contributed by atoms with van der Waals surface area (Å²) < 4.78 is 6.11. The number of amides is 2. The number of nitrogens with zero attached hydrogens (tertiary/aromatic N) is 3. The van der Waals surface area contributed by atoms with Crippen LogP contribution in [0.25, 0.3) is 0 Å². The highest BCUT2D eigenvalue weighted by Crippen LogP contribution is 2.29. The molecular formula is C34H44N4O3. The molecule has 0 atom stereocenters. The summed E-state index contributed by atoms with van der Waals surface area (Å²) in [5, 5.41) is 2.96. The highest BCUT2D eigenvalue weighted by molar-refractivity contribution is 6.08. The molecule has 1 aliphatic heterocycles. The number of rotatable bonds is 12. The molecular weight excluding hydrogens is 512 g/mol. The minimum atomic E-state index is -0.206. The maximum atomic E-state index is 13.3. The van der Waals surface area contributed by atoms with E-state index in [2.05, 4.69) is 22.2 Å². The molecule has 0 bridgehead atoms. The van der Waals surface area contributed by atoms with Gasteiger partial charge in [0.05, 0.1) is 12.3 Å². The van der Waals surface area contributed by atoms with Crippen molar-refractivity contribution in [3.05, 3.63) is 89.0 Å². The second kappa shape index (κ2) is 14.8. The van der Waals surface area contributed by atoms with Crippen LogP contribution in [0, 0.1) is 13.8 Å². The van der Waals surface area contributed by atoms with E-state index in [1.54, 1.807) is 36.2 Å². The van der Waals surface area contributed by atoms with Crippen LogP contribution < -0.4 is 15.0 Å². The fourth-order valence-electron chi connectivity index (χ4n) is 5.12. The average Bonchev–Trinajstić information content (AvgIpc) is 2.98. The normalized spacial score (nSPS) is 14.0. The molecule has 1 aliphatic rings. The largest absolute Gasteiger partial charge is 0.491 e. The Hall–Kier alpha value is -3.68. The minimum absolute atomic E-state index is 0.161. The Balaban J connectivity index is 1.25. The van der Waals surface area contributed by atoms with Gasteiger partial charge < -0.3 is 24.8 Å². The summed E-state index contributed by atoms with van der Waals surface area (Å²) in [6, 6.07) is 20.3. The van der Waals surface area contributed by atoms with Gasteiger partial charge in [0, 0.05) is 50.0 Å². The molecule has 41 heavy (non-hydrogen) atoms. The first kappa shape index (κ1) is 30.3. The zero-order valence-electron chi connectivity index (χ0n) is 25.0. The molecule has 1 heterocycles. The SMILES string of the molecule is Cc1ccc(NC(=O)c2ccc(C(=O)N(C)c3ccccc3OCCCCCCN3CCN(C)CC3)cc2)c(C)c1. The van der Waals surface area contributed by atoms with E-state index in [-0.39, 0.29) is 11.8 Å². The van der Waals surface area contributed by atoms with Gasteiger partial charge in [-0.3, -0.25) is 9.59 Å². The van der Waals surface area contributed by atoms with Crippen molar-refractivity contribution in [1.82, 2.24) is 9.80 Å². The van der Waals surface area contributed by atoms with Gasteiger partial charge in [0.25, 0.3) is 11.8 Å². The van der Waals surface area contributed by atoms with Crippen LogP contribution in [0.3, 0.4) is 0 Å². The molecule has 2 amide bonds. The van der Waals surface area contributed by atoms with Gasteiger partial charge in [-0.1, -0.05) is 42.7 Å². The molecule has 7 nitrogen and oxygen atoms in total. The first-order chi connectivity index (χ1) is 19.8. The highest BCUT2D eigenvalue weighted by Gasteiger charge is 2.18. The number of unbranched alkanes of at least 4 members (excludes halogenated alkanes) is 3. The number of benzene rings is 3.